The minimum absolute atomic E-state index is 0.0572. The van der Waals surface area contributed by atoms with E-state index < -0.39 is 15.9 Å². The van der Waals surface area contributed by atoms with Gasteiger partial charge in [-0.15, -0.1) is 0 Å². The lowest BCUT2D eigenvalue weighted by Gasteiger charge is -2.10. The lowest BCUT2D eigenvalue weighted by molar-refractivity contribution is 0.102. The number of sulfonamides is 1. The molecule has 0 saturated carbocycles. The van der Waals surface area contributed by atoms with Crippen LogP contribution in [0.1, 0.15) is 15.9 Å². The number of rotatable bonds is 4. The molecule has 7 heteroatoms. The van der Waals surface area contributed by atoms with Crippen LogP contribution in [0.25, 0.3) is 0 Å². The highest BCUT2D eigenvalue weighted by atomic mass is 35.5. The third-order valence-corrected chi connectivity index (χ3v) is 5.04. The maximum absolute atomic E-state index is 12.3. The molecule has 2 aromatic carbocycles. The van der Waals surface area contributed by atoms with Gasteiger partial charge in [0.25, 0.3) is 5.91 Å². The van der Waals surface area contributed by atoms with Gasteiger partial charge in [0.15, 0.2) is 0 Å². The molecular formula is C15H15ClN2O3S. The molecule has 22 heavy (non-hydrogen) atoms. The average molecular weight is 339 g/mol. The molecule has 0 aliphatic rings. The number of carbonyl (C=O) groups is 1. The molecule has 2 rings (SSSR count). The maximum atomic E-state index is 12.3. The monoisotopic (exact) mass is 338 g/mol. The number of para-hydroxylation sites is 1. The van der Waals surface area contributed by atoms with E-state index in [0.29, 0.717) is 5.69 Å². The predicted molar refractivity (Wildman–Crippen MR) is 86.8 cm³/mol. The molecule has 5 nitrogen and oxygen atoms in total. The minimum Gasteiger partial charge on any atom is -0.322 e. The van der Waals surface area contributed by atoms with Crippen LogP contribution in [0, 0.1) is 6.92 Å². The number of hydrogen-bond donors (Lipinski definition) is 2. The molecule has 2 N–H and O–H groups in total. The zero-order chi connectivity index (χ0) is 16.3. The number of benzene rings is 2. The van der Waals surface area contributed by atoms with Crippen molar-refractivity contribution < 1.29 is 13.2 Å². The first-order valence-electron chi connectivity index (χ1n) is 6.45. The Bertz CT molecular complexity index is 819. The standard InChI is InChI=1S/C15H15ClN2O3S/c1-10-5-3-4-6-13(10)18-15(19)11-7-8-12(16)14(9-11)22(20,21)17-2/h3-9,17H,1-2H3,(H,18,19). The van der Waals surface area contributed by atoms with Gasteiger partial charge < -0.3 is 5.32 Å². The number of nitrogens with one attached hydrogen (secondary N) is 2. The first-order valence-corrected chi connectivity index (χ1v) is 8.31. The van der Waals surface area contributed by atoms with Gasteiger partial charge in [-0.05, 0) is 43.8 Å². The maximum Gasteiger partial charge on any atom is 0.255 e. The summed E-state index contributed by atoms with van der Waals surface area (Å²) in [6.45, 7) is 1.87. The van der Waals surface area contributed by atoms with Crippen molar-refractivity contribution in [3.05, 3.63) is 58.6 Å². The molecule has 0 saturated heterocycles. The summed E-state index contributed by atoms with van der Waals surface area (Å²) >= 11 is 5.90. The van der Waals surface area contributed by atoms with E-state index >= 15 is 0 Å². The smallest absolute Gasteiger partial charge is 0.255 e. The quantitative estimate of drug-likeness (QED) is 0.900. The molecule has 0 aliphatic carbocycles. The molecule has 0 unspecified atom stereocenters. The molecule has 116 valence electrons. The highest BCUT2D eigenvalue weighted by molar-refractivity contribution is 7.89. The summed E-state index contributed by atoms with van der Waals surface area (Å²) in [6.07, 6.45) is 0. The van der Waals surface area contributed by atoms with Crippen molar-refractivity contribution in [1.82, 2.24) is 4.72 Å². The summed E-state index contributed by atoms with van der Waals surface area (Å²) in [5.74, 6) is -0.404. The molecule has 0 bridgehead atoms. The van der Waals surface area contributed by atoms with Crippen molar-refractivity contribution in [3.8, 4) is 0 Å². The summed E-state index contributed by atoms with van der Waals surface area (Å²) in [5, 5.41) is 2.80. The Kier molecular flexibility index (Phi) is 4.85. The van der Waals surface area contributed by atoms with Crippen LogP contribution in [0.3, 0.4) is 0 Å². The Morgan fingerprint density at radius 1 is 1.14 bits per heavy atom. The first-order chi connectivity index (χ1) is 10.3. The molecular weight excluding hydrogens is 324 g/mol. The van der Waals surface area contributed by atoms with Crippen molar-refractivity contribution in [2.45, 2.75) is 11.8 Å². The summed E-state index contributed by atoms with van der Waals surface area (Å²) < 4.78 is 25.9. The first kappa shape index (κ1) is 16.5. The van der Waals surface area contributed by atoms with Crippen LogP contribution in [0.4, 0.5) is 5.69 Å². The molecule has 0 fully saturated rings. The molecule has 0 aliphatic heterocycles. The van der Waals surface area contributed by atoms with Gasteiger partial charge in [-0.2, -0.15) is 0 Å². The van der Waals surface area contributed by atoms with E-state index in [1.807, 2.05) is 19.1 Å². The number of aryl methyl sites for hydroxylation is 1. The van der Waals surface area contributed by atoms with Crippen molar-refractivity contribution >= 4 is 33.2 Å². The van der Waals surface area contributed by atoms with Crippen LogP contribution in [-0.2, 0) is 10.0 Å². The van der Waals surface area contributed by atoms with Crippen molar-refractivity contribution in [3.63, 3.8) is 0 Å². The lowest BCUT2D eigenvalue weighted by Crippen LogP contribution is -2.20. The van der Waals surface area contributed by atoms with Gasteiger partial charge in [0.05, 0.1) is 5.02 Å². The minimum atomic E-state index is -3.73. The molecule has 2 aromatic rings. The fourth-order valence-electron chi connectivity index (χ4n) is 1.87. The van der Waals surface area contributed by atoms with Crippen LogP contribution in [-0.4, -0.2) is 21.4 Å². The van der Waals surface area contributed by atoms with Crippen LogP contribution in [0.2, 0.25) is 5.02 Å². The highest BCUT2D eigenvalue weighted by Gasteiger charge is 2.18. The summed E-state index contributed by atoms with van der Waals surface area (Å²) in [4.78, 5) is 12.1. The van der Waals surface area contributed by atoms with E-state index in [9.17, 15) is 13.2 Å². The molecule has 0 aromatic heterocycles. The van der Waals surface area contributed by atoms with Gasteiger partial charge in [0.1, 0.15) is 4.90 Å². The average Bonchev–Trinajstić information content (AvgIpc) is 2.49. The Morgan fingerprint density at radius 2 is 1.82 bits per heavy atom. The topological polar surface area (TPSA) is 75.3 Å². The second-order valence-electron chi connectivity index (χ2n) is 4.62. The van der Waals surface area contributed by atoms with E-state index in [-0.39, 0.29) is 15.5 Å². The highest BCUT2D eigenvalue weighted by Crippen LogP contribution is 2.23. The van der Waals surface area contributed by atoms with E-state index in [4.69, 9.17) is 11.6 Å². The number of halogens is 1. The van der Waals surface area contributed by atoms with E-state index in [1.54, 1.807) is 12.1 Å². The van der Waals surface area contributed by atoms with Gasteiger partial charge >= 0.3 is 0 Å². The fraction of sp³-hybridized carbons (Fsp3) is 0.133. The molecule has 0 radical (unpaired) electrons. The Hall–Kier alpha value is -1.89. The Balaban J connectivity index is 2.36. The fourth-order valence-corrected chi connectivity index (χ4v) is 3.12. The van der Waals surface area contributed by atoms with Crippen LogP contribution < -0.4 is 10.0 Å². The lowest BCUT2D eigenvalue weighted by atomic mass is 10.1. The number of hydrogen-bond acceptors (Lipinski definition) is 3. The SMILES string of the molecule is CNS(=O)(=O)c1cc(C(=O)Nc2ccccc2C)ccc1Cl. The van der Waals surface area contributed by atoms with Crippen molar-refractivity contribution in [1.29, 1.82) is 0 Å². The van der Waals surface area contributed by atoms with Gasteiger partial charge in [0, 0.05) is 11.3 Å². The molecule has 1 amide bonds. The van der Waals surface area contributed by atoms with Crippen LogP contribution >= 0.6 is 11.6 Å². The van der Waals surface area contributed by atoms with Gasteiger partial charge in [-0.3, -0.25) is 4.79 Å². The molecule has 0 heterocycles. The van der Waals surface area contributed by atoms with Gasteiger partial charge in [0.2, 0.25) is 10.0 Å². The van der Waals surface area contributed by atoms with E-state index in [0.717, 1.165) is 5.56 Å². The summed E-state index contributed by atoms with van der Waals surface area (Å²) in [7, 11) is -2.44. The van der Waals surface area contributed by atoms with Crippen molar-refractivity contribution in [2.24, 2.45) is 0 Å². The van der Waals surface area contributed by atoms with E-state index in [1.165, 1.54) is 25.2 Å². The van der Waals surface area contributed by atoms with Gasteiger partial charge in [-0.25, -0.2) is 13.1 Å². The van der Waals surface area contributed by atoms with Crippen molar-refractivity contribution in [2.75, 3.05) is 12.4 Å². The number of carbonyl (C=O) groups excluding carboxylic acids is 1. The Morgan fingerprint density at radius 3 is 2.45 bits per heavy atom. The van der Waals surface area contributed by atoms with Crippen LogP contribution in [0.15, 0.2) is 47.4 Å². The molecule has 0 atom stereocenters. The third kappa shape index (κ3) is 3.47. The number of amides is 1. The predicted octanol–water partition coefficient (Wildman–Crippen LogP) is 2.81. The zero-order valence-electron chi connectivity index (χ0n) is 12.1. The number of anilines is 1. The third-order valence-electron chi connectivity index (χ3n) is 3.14. The second kappa shape index (κ2) is 6.48. The molecule has 0 spiro atoms. The normalized spacial score (nSPS) is 11.2. The van der Waals surface area contributed by atoms with Crippen LogP contribution in [0.5, 0.6) is 0 Å². The van der Waals surface area contributed by atoms with E-state index in [2.05, 4.69) is 10.0 Å². The Labute approximate surface area is 134 Å². The summed E-state index contributed by atoms with van der Waals surface area (Å²) in [5.41, 5.74) is 1.79. The largest absolute Gasteiger partial charge is 0.322 e. The zero-order valence-corrected chi connectivity index (χ0v) is 13.6. The van der Waals surface area contributed by atoms with Gasteiger partial charge in [-0.1, -0.05) is 29.8 Å². The summed E-state index contributed by atoms with van der Waals surface area (Å²) in [6, 6.07) is 11.4. The second-order valence-corrected chi connectivity index (χ2v) is 6.88.